The van der Waals surface area contributed by atoms with E-state index < -0.39 is 35.9 Å². The lowest BCUT2D eigenvalue weighted by Gasteiger charge is -2.16. The van der Waals surface area contributed by atoms with Crippen LogP contribution < -0.4 is 11.1 Å². The number of alkyl halides is 4. The van der Waals surface area contributed by atoms with Gasteiger partial charge in [-0.05, 0) is 24.1 Å². The molecule has 0 saturated carbocycles. The van der Waals surface area contributed by atoms with Crippen molar-refractivity contribution in [2.75, 3.05) is 13.1 Å². The number of urea groups is 1. The smallest absolute Gasteiger partial charge is 0.351 e. The second-order valence-electron chi connectivity index (χ2n) is 5.26. The number of likely N-dealkylation sites (tertiary alicyclic amines) is 1. The van der Waals surface area contributed by atoms with Crippen LogP contribution in [-0.2, 0) is 11.0 Å². The molecule has 0 bridgehead atoms. The first kappa shape index (κ1) is 17.0. The topological polar surface area (TPSA) is 75.4 Å². The summed E-state index contributed by atoms with van der Waals surface area (Å²) in [6.07, 6.45) is -6.16. The number of nitrogens with zero attached hydrogens (tertiary/aromatic N) is 1. The predicted octanol–water partition coefficient (Wildman–Crippen LogP) is 1.99. The number of hydrogen-bond donors (Lipinski definition) is 2. The molecule has 0 aromatic heterocycles. The van der Waals surface area contributed by atoms with Crippen molar-refractivity contribution in [3.8, 4) is 0 Å². The molecule has 1 aromatic carbocycles. The van der Waals surface area contributed by atoms with E-state index in [0.717, 1.165) is 24.3 Å². The van der Waals surface area contributed by atoms with Crippen LogP contribution in [-0.4, -0.2) is 36.0 Å². The summed E-state index contributed by atoms with van der Waals surface area (Å²) >= 11 is 0. The van der Waals surface area contributed by atoms with Gasteiger partial charge in [0.05, 0.1) is 5.56 Å². The maximum absolute atomic E-state index is 14.1. The molecule has 3 N–H and O–H groups in total. The van der Waals surface area contributed by atoms with Gasteiger partial charge in [0.15, 0.2) is 0 Å². The molecule has 2 rings (SSSR count). The number of carbonyl (C=O) groups excluding carboxylic acids is 2. The van der Waals surface area contributed by atoms with E-state index in [-0.39, 0.29) is 12.1 Å². The van der Waals surface area contributed by atoms with E-state index in [1.807, 2.05) is 0 Å². The summed E-state index contributed by atoms with van der Waals surface area (Å²) in [5, 5.41) is 2.42. The molecule has 1 saturated heterocycles. The van der Waals surface area contributed by atoms with E-state index >= 15 is 0 Å². The first-order valence-corrected chi connectivity index (χ1v) is 6.84. The van der Waals surface area contributed by atoms with Gasteiger partial charge in [-0.2, -0.15) is 13.2 Å². The summed E-state index contributed by atoms with van der Waals surface area (Å²) in [7, 11) is 0. The van der Waals surface area contributed by atoms with Gasteiger partial charge in [-0.1, -0.05) is 12.1 Å². The van der Waals surface area contributed by atoms with Gasteiger partial charge < -0.3 is 16.0 Å². The molecule has 1 fully saturated rings. The molecule has 1 aromatic rings. The Morgan fingerprint density at radius 3 is 2.35 bits per heavy atom. The highest BCUT2D eigenvalue weighted by molar-refractivity contribution is 5.82. The molecule has 2 atom stereocenters. The summed E-state index contributed by atoms with van der Waals surface area (Å²) in [5.74, 6) is -0.957. The van der Waals surface area contributed by atoms with Crippen LogP contribution in [0, 0.1) is 0 Å². The molecular weight excluding hydrogens is 318 g/mol. The van der Waals surface area contributed by atoms with Gasteiger partial charge in [0, 0.05) is 19.1 Å². The third-order valence-electron chi connectivity index (χ3n) is 3.61. The van der Waals surface area contributed by atoms with Crippen LogP contribution in [0.3, 0.4) is 0 Å². The van der Waals surface area contributed by atoms with E-state index in [4.69, 9.17) is 5.73 Å². The van der Waals surface area contributed by atoms with Crippen molar-refractivity contribution in [2.24, 2.45) is 5.73 Å². The molecule has 9 heteroatoms. The predicted molar refractivity (Wildman–Crippen MR) is 73.0 cm³/mol. The largest absolute Gasteiger partial charge is 0.416 e. The zero-order valence-electron chi connectivity index (χ0n) is 11.9. The average molecular weight is 333 g/mol. The Balaban J connectivity index is 1.96. The molecule has 1 heterocycles. The van der Waals surface area contributed by atoms with Gasteiger partial charge in [0.1, 0.15) is 0 Å². The van der Waals surface area contributed by atoms with E-state index in [2.05, 4.69) is 5.32 Å². The third kappa shape index (κ3) is 4.11. The van der Waals surface area contributed by atoms with Crippen LogP contribution in [0.15, 0.2) is 24.3 Å². The fraction of sp³-hybridized carbons (Fsp3) is 0.429. The second kappa shape index (κ2) is 6.43. The first-order chi connectivity index (χ1) is 10.7. The van der Waals surface area contributed by atoms with Gasteiger partial charge in [-0.15, -0.1) is 0 Å². The molecule has 0 unspecified atom stereocenters. The van der Waals surface area contributed by atoms with Crippen LogP contribution in [0.5, 0.6) is 0 Å². The average Bonchev–Trinajstić information content (AvgIpc) is 2.94. The highest BCUT2D eigenvalue weighted by atomic mass is 19.4. The maximum Gasteiger partial charge on any atom is 0.416 e. The SMILES string of the molecule is NC(=O)N1CC[C@H](NC(=O)[C@H](F)c2ccc(C(F)(F)F)cc2)C1. The summed E-state index contributed by atoms with van der Waals surface area (Å²) < 4.78 is 51.4. The monoisotopic (exact) mass is 333 g/mol. The van der Waals surface area contributed by atoms with Crippen LogP contribution >= 0.6 is 0 Å². The van der Waals surface area contributed by atoms with Crippen molar-refractivity contribution in [2.45, 2.75) is 24.8 Å². The second-order valence-corrected chi connectivity index (χ2v) is 5.26. The van der Waals surface area contributed by atoms with E-state index in [9.17, 15) is 27.2 Å². The number of benzene rings is 1. The lowest BCUT2D eigenvalue weighted by molar-refractivity contribution is -0.137. The Hall–Kier alpha value is -2.32. The number of carbonyl (C=O) groups is 2. The first-order valence-electron chi connectivity index (χ1n) is 6.84. The Kier molecular flexibility index (Phi) is 4.76. The number of primary amides is 1. The fourth-order valence-corrected chi connectivity index (χ4v) is 2.35. The minimum Gasteiger partial charge on any atom is -0.351 e. The summed E-state index contributed by atoms with van der Waals surface area (Å²) in [6, 6.07) is 2.25. The van der Waals surface area contributed by atoms with Gasteiger partial charge in [0.2, 0.25) is 6.17 Å². The normalized spacial score (nSPS) is 19.5. The zero-order valence-corrected chi connectivity index (χ0v) is 11.9. The minimum absolute atomic E-state index is 0.166. The highest BCUT2D eigenvalue weighted by Crippen LogP contribution is 2.30. The van der Waals surface area contributed by atoms with Gasteiger partial charge in [-0.3, -0.25) is 4.79 Å². The molecule has 3 amide bonds. The van der Waals surface area contributed by atoms with E-state index in [1.54, 1.807) is 0 Å². The van der Waals surface area contributed by atoms with Crippen LogP contribution in [0.4, 0.5) is 22.4 Å². The number of rotatable bonds is 3. The quantitative estimate of drug-likeness (QED) is 0.830. The van der Waals surface area contributed by atoms with Gasteiger partial charge in [-0.25, -0.2) is 9.18 Å². The van der Waals surface area contributed by atoms with E-state index in [1.165, 1.54) is 4.90 Å². The van der Waals surface area contributed by atoms with Crippen LogP contribution in [0.25, 0.3) is 0 Å². The minimum atomic E-state index is -4.52. The van der Waals surface area contributed by atoms with Crippen molar-refractivity contribution in [1.82, 2.24) is 10.2 Å². The summed E-state index contributed by atoms with van der Waals surface area (Å²) in [4.78, 5) is 24.1. The zero-order chi connectivity index (χ0) is 17.2. The maximum atomic E-state index is 14.1. The molecule has 5 nitrogen and oxygen atoms in total. The molecule has 0 aliphatic carbocycles. The molecule has 1 aliphatic heterocycles. The van der Waals surface area contributed by atoms with Crippen molar-refractivity contribution < 1.29 is 27.2 Å². The van der Waals surface area contributed by atoms with Crippen molar-refractivity contribution >= 4 is 11.9 Å². The standard InChI is InChI=1S/C14H15F4N3O2/c15-11(8-1-3-9(4-2-8)14(16,17)18)12(22)20-10-5-6-21(7-10)13(19)23/h1-4,10-11H,5-7H2,(H2,19,23)(H,20,22)/t10-,11+/m0/s1. The number of amides is 3. The lowest BCUT2D eigenvalue weighted by atomic mass is 10.1. The number of nitrogens with one attached hydrogen (secondary N) is 1. The molecule has 126 valence electrons. The summed E-state index contributed by atoms with van der Waals surface area (Å²) in [5.41, 5.74) is 4.02. The fourth-order valence-electron chi connectivity index (χ4n) is 2.35. The number of halogens is 4. The molecule has 1 aliphatic rings. The molecular formula is C14H15F4N3O2. The Labute approximate surface area is 129 Å². The Morgan fingerprint density at radius 1 is 1.26 bits per heavy atom. The summed E-state index contributed by atoms with van der Waals surface area (Å²) in [6.45, 7) is 0.540. The lowest BCUT2D eigenvalue weighted by Crippen LogP contribution is -2.41. The highest BCUT2D eigenvalue weighted by Gasteiger charge is 2.32. The van der Waals surface area contributed by atoms with E-state index in [0.29, 0.717) is 13.0 Å². The molecule has 0 spiro atoms. The molecule has 0 radical (unpaired) electrons. The van der Waals surface area contributed by atoms with Crippen molar-refractivity contribution in [3.05, 3.63) is 35.4 Å². The third-order valence-corrected chi connectivity index (χ3v) is 3.61. The molecule has 23 heavy (non-hydrogen) atoms. The van der Waals surface area contributed by atoms with Crippen LogP contribution in [0.2, 0.25) is 0 Å². The Morgan fingerprint density at radius 2 is 1.87 bits per heavy atom. The van der Waals surface area contributed by atoms with Gasteiger partial charge >= 0.3 is 12.2 Å². The van der Waals surface area contributed by atoms with Crippen molar-refractivity contribution in [3.63, 3.8) is 0 Å². The Bertz CT molecular complexity index is 589. The number of hydrogen-bond acceptors (Lipinski definition) is 2. The number of nitrogens with two attached hydrogens (primary N) is 1. The van der Waals surface area contributed by atoms with Crippen LogP contribution in [0.1, 0.15) is 23.7 Å². The van der Waals surface area contributed by atoms with Gasteiger partial charge in [0.25, 0.3) is 5.91 Å². The van der Waals surface area contributed by atoms with Crippen molar-refractivity contribution in [1.29, 1.82) is 0 Å².